The third kappa shape index (κ3) is 14.9. The van der Waals surface area contributed by atoms with E-state index in [0.29, 0.717) is 17.5 Å². The van der Waals surface area contributed by atoms with E-state index in [9.17, 15) is 14.4 Å². The van der Waals surface area contributed by atoms with Gasteiger partial charge in [-0.25, -0.2) is 4.79 Å². The minimum atomic E-state index is -0.851. The molecule has 4 atom stereocenters. The first-order chi connectivity index (χ1) is 18.0. The number of carboxylic acid groups (broad SMARTS) is 2. The van der Waals surface area contributed by atoms with Crippen molar-refractivity contribution in [3.8, 4) is 0 Å². The molecule has 0 saturated carbocycles. The van der Waals surface area contributed by atoms with E-state index < -0.39 is 18.0 Å². The maximum atomic E-state index is 11.1. The Labute approximate surface area is 238 Å². The standard InChI is InChI=1S/C18H31NO2S.C10H16N2O3S/c1-14(2)7-5-8-15(3)9-6-10-16(4)11-12-19-17(13-22)18(20)21;13-8(14)4-2-1-3-7-9-6(5-16-7)11-10(15)12-9/h7,9,11,17,19,22H,5-6,8,10,12-13H2,1-4H3,(H,20,21);6-7,9H,1-5H2,(H,13,14)(H2,11,12,15)/t17-;6-,7-,9-/m00/s1. The summed E-state index contributed by atoms with van der Waals surface area (Å²) in [5.41, 5.74) is 4.09. The van der Waals surface area contributed by atoms with Crippen LogP contribution >= 0.6 is 24.4 Å². The predicted molar refractivity (Wildman–Crippen MR) is 160 cm³/mol. The highest BCUT2D eigenvalue weighted by Crippen LogP contribution is 2.33. The molecule has 2 heterocycles. The number of carbonyl (C=O) groups is 3. The molecular weight excluding hydrogens is 522 g/mol. The van der Waals surface area contributed by atoms with Gasteiger partial charge in [0.2, 0.25) is 0 Å². The lowest BCUT2D eigenvalue weighted by atomic mass is 10.0. The van der Waals surface area contributed by atoms with Gasteiger partial charge in [-0.05, 0) is 66.2 Å². The Hall–Kier alpha value is -1.91. The van der Waals surface area contributed by atoms with Crippen LogP contribution in [-0.4, -0.2) is 69.6 Å². The van der Waals surface area contributed by atoms with Crippen molar-refractivity contribution >= 4 is 42.4 Å². The van der Waals surface area contributed by atoms with E-state index >= 15 is 0 Å². The van der Waals surface area contributed by atoms with E-state index in [0.717, 1.165) is 50.7 Å². The molecular formula is C28H47N3O5S2. The van der Waals surface area contributed by atoms with Crippen LogP contribution < -0.4 is 16.0 Å². The number of hydrogen-bond donors (Lipinski definition) is 6. The molecule has 0 radical (unpaired) electrons. The van der Waals surface area contributed by atoms with Crippen LogP contribution in [0.25, 0.3) is 0 Å². The van der Waals surface area contributed by atoms with E-state index in [2.05, 4.69) is 74.5 Å². The van der Waals surface area contributed by atoms with Gasteiger partial charge in [0, 0.05) is 29.7 Å². The highest BCUT2D eigenvalue weighted by Gasteiger charge is 2.42. The Balaban J connectivity index is 0.000000396. The first kappa shape index (κ1) is 34.1. The number of rotatable bonds is 16. The van der Waals surface area contributed by atoms with Gasteiger partial charge in [0.05, 0.1) is 12.1 Å². The van der Waals surface area contributed by atoms with Gasteiger partial charge < -0.3 is 26.2 Å². The minimum Gasteiger partial charge on any atom is -0.481 e. The topological polar surface area (TPSA) is 128 Å². The summed E-state index contributed by atoms with van der Waals surface area (Å²) in [5, 5.41) is 26.6. The van der Waals surface area contributed by atoms with Crippen molar-refractivity contribution in [2.24, 2.45) is 0 Å². The molecule has 2 aliphatic heterocycles. The Morgan fingerprint density at radius 2 is 1.68 bits per heavy atom. The number of unbranched alkanes of at least 4 members (excludes halogenated alkanes) is 1. The summed E-state index contributed by atoms with van der Waals surface area (Å²) in [4.78, 5) is 32.3. The van der Waals surface area contributed by atoms with Gasteiger partial charge in [-0.1, -0.05) is 41.4 Å². The predicted octanol–water partition coefficient (Wildman–Crippen LogP) is 5.18. The number of carbonyl (C=O) groups excluding carboxylic acids is 1. The first-order valence-electron chi connectivity index (χ1n) is 13.5. The summed E-state index contributed by atoms with van der Waals surface area (Å²) in [6, 6.07) is -0.139. The second kappa shape index (κ2) is 19.2. The van der Waals surface area contributed by atoms with Crippen molar-refractivity contribution in [3.63, 3.8) is 0 Å². The van der Waals surface area contributed by atoms with E-state index in [4.69, 9.17) is 10.2 Å². The molecule has 0 spiro atoms. The SMILES string of the molecule is CC(C)=CCCC(C)=CCCC(C)=CCN[C@@H](CS)C(=O)O.O=C(O)CCCC[C@@H]1SC[C@@H]2NC(=O)N[C@@H]21. The molecule has 0 unspecified atom stereocenters. The summed E-state index contributed by atoms with van der Waals surface area (Å²) in [6.45, 7) is 9.11. The Bertz CT molecular complexity index is 855. The zero-order valence-corrected chi connectivity index (χ0v) is 25.0. The maximum absolute atomic E-state index is 11.1. The van der Waals surface area contributed by atoms with E-state index in [1.54, 1.807) is 0 Å². The normalized spacial score (nSPS) is 21.5. The van der Waals surface area contributed by atoms with Crippen molar-refractivity contribution in [2.45, 2.75) is 102 Å². The smallest absolute Gasteiger partial charge is 0.321 e. The number of thiol groups is 1. The lowest BCUT2D eigenvalue weighted by molar-refractivity contribution is -0.139. The van der Waals surface area contributed by atoms with E-state index in [1.807, 2.05) is 11.8 Å². The zero-order chi connectivity index (χ0) is 28.5. The van der Waals surface area contributed by atoms with Crippen LogP contribution in [0.3, 0.4) is 0 Å². The summed E-state index contributed by atoms with van der Waals surface area (Å²) >= 11 is 5.89. The first-order valence-corrected chi connectivity index (χ1v) is 15.1. The quantitative estimate of drug-likeness (QED) is 0.0655. The van der Waals surface area contributed by atoms with Crippen LogP contribution in [0.5, 0.6) is 0 Å². The molecule has 10 heteroatoms. The Morgan fingerprint density at radius 3 is 2.29 bits per heavy atom. The van der Waals surface area contributed by atoms with Crippen molar-refractivity contribution in [1.29, 1.82) is 0 Å². The second-order valence-corrected chi connectivity index (χ2v) is 11.8. The van der Waals surface area contributed by atoms with Gasteiger partial charge >= 0.3 is 18.0 Å². The van der Waals surface area contributed by atoms with Crippen molar-refractivity contribution in [3.05, 3.63) is 34.9 Å². The number of hydrogen-bond acceptors (Lipinski definition) is 6. The van der Waals surface area contributed by atoms with Gasteiger partial charge in [0.1, 0.15) is 6.04 Å². The number of carboxylic acids is 2. The van der Waals surface area contributed by atoms with Gasteiger partial charge in [-0.15, -0.1) is 0 Å². The molecule has 0 aromatic rings. The largest absolute Gasteiger partial charge is 0.481 e. The molecule has 0 bridgehead atoms. The number of amides is 2. The van der Waals surface area contributed by atoms with Crippen molar-refractivity contribution in [1.82, 2.24) is 16.0 Å². The van der Waals surface area contributed by atoms with Crippen LogP contribution in [0, 0.1) is 0 Å². The number of urea groups is 1. The molecule has 38 heavy (non-hydrogen) atoms. The molecule has 2 saturated heterocycles. The van der Waals surface area contributed by atoms with E-state index in [1.165, 1.54) is 16.7 Å². The third-order valence-corrected chi connectivity index (χ3v) is 8.36. The van der Waals surface area contributed by atoms with E-state index in [-0.39, 0.29) is 24.5 Å². The average Bonchev–Trinajstić information content (AvgIpc) is 3.38. The average molecular weight is 570 g/mol. The van der Waals surface area contributed by atoms with Crippen LogP contribution in [0.1, 0.15) is 79.1 Å². The lowest BCUT2D eigenvalue weighted by Gasteiger charge is -2.16. The molecule has 5 N–H and O–H groups in total. The molecule has 2 fully saturated rings. The highest BCUT2D eigenvalue weighted by atomic mass is 32.2. The number of fused-ring (bicyclic) bond motifs is 1. The molecule has 2 amide bonds. The molecule has 0 aliphatic carbocycles. The van der Waals surface area contributed by atoms with Crippen LogP contribution in [0.2, 0.25) is 0 Å². The van der Waals surface area contributed by atoms with Gasteiger partial charge in [-0.2, -0.15) is 24.4 Å². The number of aliphatic carboxylic acids is 2. The summed E-state index contributed by atoms with van der Waals surface area (Å²) in [7, 11) is 0. The second-order valence-electron chi connectivity index (χ2n) is 10.2. The monoisotopic (exact) mass is 569 g/mol. The minimum absolute atomic E-state index is 0.0640. The van der Waals surface area contributed by atoms with Gasteiger partial charge in [-0.3, -0.25) is 9.59 Å². The number of nitrogens with one attached hydrogen (secondary N) is 3. The molecule has 2 rings (SSSR count). The van der Waals surface area contributed by atoms with Crippen molar-refractivity contribution < 1.29 is 24.6 Å². The summed E-state index contributed by atoms with van der Waals surface area (Å²) in [6.07, 6.45) is 13.8. The fraction of sp³-hybridized carbons (Fsp3) is 0.679. The van der Waals surface area contributed by atoms with Gasteiger partial charge in [0.25, 0.3) is 0 Å². The Kier molecular flexibility index (Phi) is 17.2. The molecule has 8 nitrogen and oxygen atoms in total. The molecule has 216 valence electrons. The van der Waals surface area contributed by atoms with Crippen LogP contribution in [0.4, 0.5) is 4.79 Å². The summed E-state index contributed by atoms with van der Waals surface area (Å²) < 4.78 is 0. The molecule has 0 aromatic carbocycles. The molecule has 2 aliphatic rings. The third-order valence-electron chi connectivity index (χ3n) is 6.49. The summed E-state index contributed by atoms with van der Waals surface area (Å²) in [5.74, 6) is -0.313. The van der Waals surface area contributed by atoms with Crippen LogP contribution in [-0.2, 0) is 9.59 Å². The van der Waals surface area contributed by atoms with Crippen molar-refractivity contribution in [2.75, 3.05) is 18.1 Å². The molecule has 0 aromatic heterocycles. The zero-order valence-electron chi connectivity index (χ0n) is 23.3. The Morgan fingerprint density at radius 1 is 1.03 bits per heavy atom. The van der Waals surface area contributed by atoms with Gasteiger partial charge in [0.15, 0.2) is 0 Å². The van der Waals surface area contributed by atoms with Crippen LogP contribution in [0.15, 0.2) is 34.9 Å². The number of thioether (sulfide) groups is 1. The number of allylic oxidation sites excluding steroid dienone is 5. The highest BCUT2D eigenvalue weighted by molar-refractivity contribution is 8.00. The fourth-order valence-corrected chi connectivity index (χ4v) is 6.04. The maximum Gasteiger partial charge on any atom is 0.321 e. The fourth-order valence-electron chi connectivity index (χ4n) is 4.21. The lowest BCUT2D eigenvalue weighted by Crippen LogP contribution is -2.38.